The molecule has 1 N–H and O–H groups in total. The predicted molar refractivity (Wildman–Crippen MR) is 91.4 cm³/mol. The van der Waals surface area contributed by atoms with Crippen molar-refractivity contribution in [2.45, 2.75) is 13.5 Å². The lowest BCUT2D eigenvalue weighted by Gasteiger charge is -2.08. The van der Waals surface area contributed by atoms with Crippen molar-refractivity contribution < 1.29 is 13.9 Å². The summed E-state index contributed by atoms with van der Waals surface area (Å²) in [4.78, 5) is 24.2. The van der Waals surface area contributed by atoms with Crippen LogP contribution in [-0.2, 0) is 6.54 Å². The van der Waals surface area contributed by atoms with Gasteiger partial charge in [-0.15, -0.1) is 0 Å². The monoisotopic (exact) mass is 323 g/mol. The Balaban J connectivity index is 1.90. The molecule has 0 aliphatic heterocycles. The van der Waals surface area contributed by atoms with Gasteiger partial charge < -0.3 is 14.5 Å². The Morgan fingerprint density at radius 1 is 1.17 bits per heavy atom. The number of ether oxygens (including phenoxy) is 1. The molecule has 1 amide bonds. The van der Waals surface area contributed by atoms with Crippen molar-refractivity contribution in [1.29, 1.82) is 0 Å². The Hall–Kier alpha value is -3.08. The Bertz CT molecular complexity index is 959. The number of hydrogen-bond acceptors (Lipinski definition) is 4. The number of rotatable bonds is 4. The summed E-state index contributed by atoms with van der Waals surface area (Å²) in [6.45, 7) is 2.38. The van der Waals surface area contributed by atoms with Crippen molar-refractivity contribution in [2.75, 3.05) is 7.11 Å². The number of aryl methyl sites for hydroxylation is 1. The molecule has 0 aliphatic carbocycles. The van der Waals surface area contributed by atoms with E-state index in [2.05, 4.69) is 5.32 Å². The molecule has 24 heavy (non-hydrogen) atoms. The van der Waals surface area contributed by atoms with Gasteiger partial charge in [-0.05, 0) is 24.6 Å². The first-order valence-electron chi connectivity index (χ1n) is 7.52. The van der Waals surface area contributed by atoms with Gasteiger partial charge in [0.2, 0.25) is 0 Å². The molecule has 0 bridgehead atoms. The average Bonchev–Trinajstić information content (AvgIpc) is 2.58. The number of fused-ring (bicyclic) bond motifs is 1. The lowest BCUT2D eigenvalue weighted by molar-refractivity contribution is 0.0952. The summed E-state index contributed by atoms with van der Waals surface area (Å²) in [5.41, 5.74) is 2.16. The van der Waals surface area contributed by atoms with E-state index < -0.39 is 5.63 Å². The van der Waals surface area contributed by atoms with Crippen LogP contribution in [-0.4, -0.2) is 13.0 Å². The first-order valence-corrected chi connectivity index (χ1v) is 7.52. The summed E-state index contributed by atoms with van der Waals surface area (Å²) in [5, 5.41) is 3.41. The quantitative estimate of drug-likeness (QED) is 0.749. The van der Waals surface area contributed by atoms with Gasteiger partial charge in [0.15, 0.2) is 0 Å². The molecule has 5 nitrogen and oxygen atoms in total. The third-order valence-electron chi connectivity index (χ3n) is 3.73. The van der Waals surface area contributed by atoms with Crippen LogP contribution in [0.3, 0.4) is 0 Å². The molecule has 5 heteroatoms. The number of hydrogen-bond donors (Lipinski definition) is 1. The van der Waals surface area contributed by atoms with Gasteiger partial charge in [0, 0.05) is 24.1 Å². The Kier molecular flexibility index (Phi) is 4.33. The number of carbonyl (C=O) groups is 1. The SMILES string of the molecule is COc1ccc2c(C(=O)NCc3cccc(C)c3)cc(=O)oc2c1. The lowest BCUT2D eigenvalue weighted by atomic mass is 10.1. The first-order chi connectivity index (χ1) is 11.6. The average molecular weight is 323 g/mol. The second kappa shape index (κ2) is 6.58. The first kappa shape index (κ1) is 15.8. The summed E-state index contributed by atoms with van der Waals surface area (Å²) in [5.74, 6) is 0.238. The second-order valence-corrected chi connectivity index (χ2v) is 5.51. The van der Waals surface area contributed by atoms with Crippen LogP contribution >= 0.6 is 0 Å². The third-order valence-corrected chi connectivity index (χ3v) is 3.73. The summed E-state index contributed by atoms with van der Waals surface area (Å²) in [7, 11) is 1.53. The fourth-order valence-corrected chi connectivity index (χ4v) is 2.56. The van der Waals surface area contributed by atoms with Gasteiger partial charge >= 0.3 is 5.63 Å². The van der Waals surface area contributed by atoms with Crippen LogP contribution in [0.25, 0.3) is 11.0 Å². The zero-order valence-corrected chi connectivity index (χ0v) is 13.5. The molecule has 122 valence electrons. The molecule has 0 spiro atoms. The molecule has 0 saturated heterocycles. The molecule has 1 heterocycles. The summed E-state index contributed by atoms with van der Waals surface area (Å²) < 4.78 is 10.3. The molecule has 3 rings (SSSR count). The van der Waals surface area contributed by atoms with Crippen molar-refractivity contribution >= 4 is 16.9 Å². The minimum absolute atomic E-state index is 0.288. The Morgan fingerprint density at radius 3 is 2.75 bits per heavy atom. The topological polar surface area (TPSA) is 68.5 Å². The molecule has 0 saturated carbocycles. The largest absolute Gasteiger partial charge is 0.497 e. The van der Waals surface area contributed by atoms with Crippen molar-refractivity contribution in [3.63, 3.8) is 0 Å². The van der Waals surface area contributed by atoms with Gasteiger partial charge in [-0.3, -0.25) is 4.79 Å². The van der Waals surface area contributed by atoms with E-state index in [0.717, 1.165) is 11.1 Å². The molecule has 1 aromatic heterocycles. The molecule has 0 fully saturated rings. The van der Waals surface area contributed by atoms with Crippen molar-refractivity contribution in [3.05, 3.63) is 75.6 Å². The van der Waals surface area contributed by atoms with Crippen molar-refractivity contribution in [2.24, 2.45) is 0 Å². The summed E-state index contributed by atoms with van der Waals surface area (Å²) in [6, 6.07) is 14.1. The van der Waals surface area contributed by atoms with Crippen LogP contribution in [0.15, 0.2) is 57.7 Å². The van der Waals surface area contributed by atoms with Crippen LogP contribution in [0.1, 0.15) is 21.5 Å². The minimum Gasteiger partial charge on any atom is -0.497 e. The lowest BCUT2D eigenvalue weighted by Crippen LogP contribution is -2.24. The van der Waals surface area contributed by atoms with Crippen LogP contribution in [0.4, 0.5) is 0 Å². The predicted octanol–water partition coefficient (Wildman–Crippen LogP) is 3.04. The van der Waals surface area contributed by atoms with E-state index in [9.17, 15) is 9.59 Å². The summed E-state index contributed by atoms with van der Waals surface area (Å²) in [6.07, 6.45) is 0. The highest BCUT2D eigenvalue weighted by molar-refractivity contribution is 6.05. The maximum atomic E-state index is 12.5. The highest BCUT2D eigenvalue weighted by Crippen LogP contribution is 2.22. The summed E-state index contributed by atoms with van der Waals surface area (Å²) >= 11 is 0. The zero-order chi connectivity index (χ0) is 17.1. The molecule has 3 aromatic rings. The number of carbonyl (C=O) groups excluding carboxylic acids is 1. The van der Waals surface area contributed by atoms with E-state index in [1.54, 1.807) is 18.2 Å². The number of nitrogens with one attached hydrogen (secondary N) is 1. The number of benzene rings is 2. The number of amides is 1. The molecule has 2 aromatic carbocycles. The van der Waals surface area contributed by atoms with E-state index in [1.165, 1.54) is 13.2 Å². The molecule has 0 aliphatic rings. The third kappa shape index (κ3) is 3.30. The van der Waals surface area contributed by atoms with E-state index in [-0.39, 0.29) is 11.5 Å². The van der Waals surface area contributed by atoms with Gasteiger partial charge in [0.1, 0.15) is 11.3 Å². The fraction of sp³-hybridized carbons (Fsp3) is 0.158. The van der Waals surface area contributed by atoms with Crippen LogP contribution in [0.2, 0.25) is 0 Å². The van der Waals surface area contributed by atoms with Gasteiger partial charge in [-0.2, -0.15) is 0 Å². The van der Waals surface area contributed by atoms with Crippen LogP contribution in [0, 0.1) is 6.92 Å². The zero-order valence-electron chi connectivity index (χ0n) is 13.5. The Morgan fingerprint density at radius 2 is 2.00 bits per heavy atom. The minimum atomic E-state index is -0.573. The molecular formula is C19H17NO4. The molecule has 0 unspecified atom stereocenters. The van der Waals surface area contributed by atoms with Gasteiger partial charge in [0.25, 0.3) is 5.91 Å². The molecule has 0 radical (unpaired) electrons. The fourth-order valence-electron chi connectivity index (χ4n) is 2.56. The van der Waals surface area contributed by atoms with Crippen molar-refractivity contribution in [1.82, 2.24) is 5.32 Å². The molecular weight excluding hydrogens is 306 g/mol. The van der Waals surface area contributed by atoms with Gasteiger partial charge in [-0.25, -0.2) is 4.79 Å². The van der Waals surface area contributed by atoms with Gasteiger partial charge in [-0.1, -0.05) is 29.8 Å². The normalized spacial score (nSPS) is 10.6. The van der Waals surface area contributed by atoms with Gasteiger partial charge in [0.05, 0.1) is 12.7 Å². The highest BCUT2D eigenvalue weighted by Gasteiger charge is 2.13. The maximum Gasteiger partial charge on any atom is 0.337 e. The van der Waals surface area contributed by atoms with E-state index >= 15 is 0 Å². The van der Waals surface area contributed by atoms with Crippen LogP contribution < -0.4 is 15.7 Å². The van der Waals surface area contributed by atoms with E-state index in [4.69, 9.17) is 9.15 Å². The highest BCUT2D eigenvalue weighted by atomic mass is 16.5. The standard InChI is InChI=1S/C19H17NO4/c1-12-4-3-5-13(8-12)11-20-19(22)16-10-18(21)24-17-9-14(23-2)6-7-15(16)17/h3-10H,11H2,1-2H3,(H,20,22). The smallest absolute Gasteiger partial charge is 0.337 e. The van der Waals surface area contributed by atoms with E-state index in [1.807, 2.05) is 31.2 Å². The van der Waals surface area contributed by atoms with E-state index in [0.29, 0.717) is 23.3 Å². The molecule has 0 atom stereocenters. The Labute approximate surface area is 138 Å². The second-order valence-electron chi connectivity index (χ2n) is 5.51. The maximum absolute atomic E-state index is 12.5. The van der Waals surface area contributed by atoms with Crippen LogP contribution in [0.5, 0.6) is 5.75 Å². The van der Waals surface area contributed by atoms with Crippen molar-refractivity contribution in [3.8, 4) is 5.75 Å². The number of methoxy groups -OCH3 is 1.